The minimum Gasteiger partial charge on any atom is -0.330 e. The molecule has 4 heteroatoms. The van der Waals surface area contributed by atoms with E-state index in [-0.39, 0.29) is 5.54 Å². The topological polar surface area (TPSA) is 29.9 Å². The zero-order valence-corrected chi connectivity index (χ0v) is 13.9. The first-order valence-electron chi connectivity index (χ1n) is 7.16. The third kappa shape index (κ3) is 4.18. The Labute approximate surface area is 126 Å². The summed E-state index contributed by atoms with van der Waals surface area (Å²) in [4.78, 5) is 7.14. The van der Waals surface area contributed by atoms with E-state index >= 15 is 0 Å². The molecule has 0 saturated carbocycles. The lowest BCUT2D eigenvalue weighted by atomic mass is 10.1. The summed E-state index contributed by atoms with van der Waals surface area (Å²) in [5.74, 6) is 0. The zero-order valence-electron chi connectivity index (χ0n) is 13.1. The Morgan fingerprint density at radius 1 is 1.35 bits per heavy atom. The summed E-state index contributed by atoms with van der Waals surface area (Å²) in [5.41, 5.74) is 1.38. The predicted octanol–water partition coefficient (Wildman–Crippen LogP) is 3.94. The van der Waals surface area contributed by atoms with E-state index in [2.05, 4.69) is 61.6 Å². The third-order valence-electron chi connectivity index (χ3n) is 3.31. The van der Waals surface area contributed by atoms with E-state index in [0.717, 1.165) is 13.0 Å². The van der Waals surface area contributed by atoms with Gasteiger partial charge in [0.15, 0.2) is 0 Å². The third-order valence-corrected chi connectivity index (χ3v) is 4.34. The average molecular weight is 291 g/mol. The molecule has 1 N–H and O–H groups in total. The van der Waals surface area contributed by atoms with Gasteiger partial charge < -0.3 is 9.88 Å². The number of aromatic nitrogens is 2. The number of imidazole rings is 1. The molecule has 0 aliphatic carbocycles. The van der Waals surface area contributed by atoms with Gasteiger partial charge in [-0.1, -0.05) is 0 Å². The second-order valence-electron chi connectivity index (χ2n) is 6.46. The van der Waals surface area contributed by atoms with Gasteiger partial charge in [0, 0.05) is 40.5 Å². The summed E-state index contributed by atoms with van der Waals surface area (Å²) in [7, 11) is 0. The van der Waals surface area contributed by atoms with Crippen LogP contribution in [-0.4, -0.2) is 15.1 Å². The van der Waals surface area contributed by atoms with E-state index in [9.17, 15) is 0 Å². The fraction of sp³-hybridized carbons (Fsp3) is 0.562. The molecular formula is C16H25N3S. The summed E-state index contributed by atoms with van der Waals surface area (Å²) < 4.78 is 2.29. The molecule has 2 heterocycles. The standard InChI is InChI=1S/C16H25N3S/c1-12(8-15-7-6-13(2)20-15)19-11-17-9-14(19)10-18-16(3,4)5/h6-7,9,11-12,18H,8,10H2,1-5H3. The Kier molecular flexibility index (Phi) is 4.66. The quantitative estimate of drug-likeness (QED) is 0.904. The fourth-order valence-corrected chi connectivity index (χ4v) is 3.22. The van der Waals surface area contributed by atoms with Crippen LogP contribution >= 0.6 is 11.3 Å². The van der Waals surface area contributed by atoms with Crippen LogP contribution in [0.15, 0.2) is 24.7 Å². The molecule has 0 radical (unpaired) electrons. The minimum atomic E-state index is 0.128. The van der Waals surface area contributed by atoms with Crippen LogP contribution in [0.4, 0.5) is 0 Å². The highest BCUT2D eigenvalue weighted by molar-refractivity contribution is 7.11. The maximum atomic E-state index is 4.32. The van der Waals surface area contributed by atoms with Gasteiger partial charge in [-0.05, 0) is 46.8 Å². The van der Waals surface area contributed by atoms with E-state index in [0.29, 0.717) is 6.04 Å². The molecule has 0 fully saturated rings. The van der Waals surface area contributed by atoms with Crippen molar-refractivity contribution in [2.75, 3.05) is 0 Å². The number of hydrogen-bond donors (Lipinski definition) is 1. The molecule has 0 saturated heterocycles. The van der Waals surface area contributed by atoms with Crippen LogP contribution in [0.5, 0.6) is 0 Å². The first-order valence-corrected chi connectivity index (χ1v) is 7.98. The van der Waals surface area contributed by atoms with Gasteiger partial charge in [-0.15, -0.1) is 11.3 Å². The van der Waals surface area contributed by atoms with E-state index in [1.165, 1.54) is 15.4 Å². The Bertz CT molecular complexity index is 548. The molecule has 2 aromatic rings. The maximum Gasteiger partial charge on any atom is 0.0951 e. The molecule has 3 nitrogen and oxygen atoms in total. The molecule has 20 heavy (non-hydrogen) atoms. The lowest BCUT2D eigenvalue weighted by Gasteiger charge is -2.22. The van der Waals surface area contributed by atoms with E-state index < -0.39 is 0 Å². The Hall–Kier alpha value is -1.13. The molecule has 0 amide bonds. The van der Waals surface area contributed by atoms with Crippen molar-refractivity contribution in [2.24, 2.45) is 0 Å². The van der Waals surface area contributed by atoms with Crippen LogP contribution in [0.1, 0.15) is 49.2 Å². The smallest absolute Gasteiger partial charge is 0.0951 e. The normalized spacial score (nSPS) is 13.7. The van der Waals surface area contributed by atoms with Crippen LogP contribution in [0.3, 0.4) is 0 Å². The number of rotatable bonds is 5. The molecule has 0 spiro atoms. The minimum absolute atomic E-state index is 0.128. The zero-order chi connectivity index (χ0) is 14.8. The summed E-state index contributed by atoms with van der Waals surface area (Å²) in [6.45, 7) is 11.8. The molecule has 2 rings (SSSR count). The second-order valence-corrected chi connectivity index (χ2v) is 7.83. The van der Waals surface area contributed by atoms with Gasteiger partial charge in [0.25, 0.3) is 0 Å². The Balaban J connectivity index is 2.03. The summed E-state index contributed by atoms with van der Waals surface area (Å²) in [5, 5.41) is 3.53. The molecule has 110 valence electrons. The lowest BCUT2D eigenvalue weighted by Crippen LogP contribution is -2.35. The van der Waals surface area contributed by atoms with Gasteiger partial charge in [0.1, 0.15) is 0 Å². The first kappa shape index (κ1) is 15.3. The first-order chi connectivity index (χ1) is 9.35. The Morgan fingerprint density at radius 2 is 2.10 bits per heavy atom. The predicted molar refractivity (Wildman–Crippen MR) is 86.3 cm³/mol. The number of nitrogens with zero attached hydrogens (tertiary/aromatic N) is 2. The molecule has 0 bridgehead atoms. The molecule has 0 aliphatic heterocycles. The average Bonchev–Trinajstić information content (AvgIpc) is 2.94. The highest BCUT2D eigenvalue weighted by Gasteiger charge is 2.14. The van der Waals surface area contributed by atoms with Crippen LogP contribution in [-0.2, 0) is 13.0 Å². The van der Waals surface area contributed by atoms with Gasteiger partial charge in [0.05, 0.1) is 12.0 Å². The van der Waals surface area contributed by atoms with Crippen molar-refractivity contribution >= 4 is 11.3 Å². The molecule has 0 aromatic carbocycles. The van der Waals surface area contributed by atoms with Crippen molar-refractivity contribution in [3.05, 3.63) is 40.1 Å². The van der Waals surface area contributed by atoms with Gasteiger partial charge in [-0.2, -0.15) is 0 Å². The SMILES string of the molecule is Cc1ccc(CC(C)n2cncc2CNC(C)(C)C)s1. The fourth-order valence-electron chi connectivity index (χ4n) is 2.21. The molecule has 0 aliphatic rings. The van der Waals surface area contributed by atoms with E-state index in [1.54, 1.807) is 0 Å². The molecule has 1 unspecified atom stereocenters. The van der Waals surface area contributed by atoms with Gasteiger partial charge in [0.2, 0.25) is 0 Å². The van der Waals surface area contributed by atoms with Crippen LogP contribution in [0.2, 0.25) is 0 Å². The van der Waals surface area contributed by atoms with E-state index in [1.807, 2.05) is 23.9 Å². The number of thiophene rings is 1. The van der Waals surface area contributed by atoms with Crippen molar-refractivity contribution in [2.45, 2.75) is 59.2 Å². The van der Waals surface area contributed by atoms with Gasteiger partial charge >= 0.3 is 0 Å². The number of aryl methyl sites for hydroxylation is 1. The molecular weight excluding hydrogens is 266 g/mol. The van der Waals surface area contributed by atoms with Crippen molar-refractivity contribution in [1.82, 2.24) is 14.9 Å². The van der Waals surface area contributed by atoms with Crippen molar-refractivity contribution < 1.29 is 0 Å². The summed E-state index contributed by atoms with van der Waals surface area (Å²) in [6, 6.07) is 4.87. The Morgan fingerprint density at radius 3 is 2.70 bits per heavy atom. The summed E-state index contributed by atoms with van der Waals surface area (Å²) >= 11 is 1.89. The maximum absolute atomic E-state index is 4.32. The van der Waals surface area contributed by atoms with Crippen LogP contribution in [0.25, 0.3) is 0 Å². The van der Waals surface area contributed by atoms with Crippen LogP contribution < -0.4 is 5.32 Å². The molecule has 1 atom stereocenters. The van der Waals surface area contributed by atoms with Crippen molar-refractivity contribution in [3.63, 3.8) is 0 Å². The summed E-state index contributed by atoms with van der Waals surface area (Å²) in [6.07, 6.45) is 4.98. The van der Waals surface area contributed by atoms with E-state index in [4.69, 9.17) is 0 Å². The highest BCUT2D eigenvalue weighted by atomic mass is 32.1. The lowest BCUT2D eigenvalue weighted by molar-refractivity contribution is 0.408. The number of hydrogen-bond acceptors (Lipinski definition) is 3. The second kappa shape index (κ2) is 6.10. The van der Waals surface area contributed by atoms with Gasteiger partial charge in [-0.3, -0.25) is 0 Å². The van der Waals surface area contributed by atoms with Crippen LogP contribution in [0, 0.1) is 6.92 Å². The van der Waals surface area contributed by atoms with Crippen molar-refractivity contribution in [1.29, 1.82) is 0 Å². The van der Waals surface area contributed by atoms with Gasteiger partial charge in [-0.25, -0.2) is 4.98 Å². The molecule has 2 aromatic heterocycles. The largest absolute Gasteiger partial charge is 0.330 e. The monoisotopic (exact) mass is 291 g/mol. The highest BCUT2D eigenvalue weighted by Crippen LogP contribution is 2.22. The van der Waals surface area contributed by atoms with Crippen molar-refractivity contribution in [3.8, 4) is 0 Å². The number of nitrogens with one attached hydrogen (secondary N) is 1.